The molecule has 0 aliphatic rings. The number of carbonyl (C=O) groups excluding carboxylic acids is 1. The summed E-state index contributed by atoms with van der Waals surface area (Å²) in [5, 5.41) is 0. The van der Waals surface area contributed by atoms with Gasteiger partial charge in [-0.15, -0.1) is 0 Å². The topological polar surface area (TPSA) is 110 Å². The summed E-state index contributed by atoms with van der Waals surface area (Å²) in [7, 11) is 1.52. The van der Waals surface area contributed by atoms with Crippen molar-refractivity contribution in [1.82, 2.24) is 19.5 Å². The van der Waals surface area contributed by atoms with Gasteiger partial charge in [-0.1, -0.05) is 30.3 Å². The van der Waals surface area contributed by atoms with E-state index in [1.165, 1.54) is 11.6 Å². The summed E-state index contributed by atoms with van der Waals surface area (Å²) in [4.78, 5) is 44.7. The van der Waals surface area contributed by atoms with E-state index < -0.39 is 11.2 Å². The molecule has 0 unspecified atom stereocenters. The Bertz CT molecular complexity index is 1030. The molecule has 3 aromatic rings. The van der Waals surface area contributed by atoms with E-state index in [0.717, 1.165) is 5.56 Å². The normalized spacial score (nSPS) is 12.2. The fraction of sp³-hybridized carbons (Fsp3) is 0.333. The van der Waals surface area contributed by atoms with Crippen molar-refractivity contribution in [3.8, 4) is 0 Å². The van der Waals surface area contributed by atoms with E-state index in [2.05, 4.69) is 15.0 Å². The average Bonchev–Trinajstić information content (AvgIpc) is 3.04. The number of rotatable bonds is 6. The van der Waals surface area contributed by atoms with Gasteiger partial charge in [0.25, 0.3) is 5.56 Å². The number of imidazole rings is 1. The summed E-state index contributed by atoms with van der Waals surface area (Å²) in [6, 6.07) is 9.80. The average molecular weight is 356 g/mol. The molecule has 8 heteroatoms. The summed E-state index contributed by atoms with van der Waals surface area (Å²) in [5.41, 5.74) is 0.522. The number of ether oxygens (including phenoxy) is 1. The monoisotopic (exact) mass is 356 g/mol. The van der Waals surface area contributed by atoms with E-state index in [1.54, 1.807) is 0 Å². The van der Waals surface area contributed by atoms with Crippen molar-refractivity contribution in [2.45, 2.75) is 32.3 Å². The molecule has 0 fully saturated rings. The Labute approximate surface area is 148 Å². The van der Waals surface area contributed by atoms with E-state index in [-0.39, 0.29) is 29.7 Å². The smallest absolute Gasteiger partial charge is 0.329 e. The van der Waals surface area contributed by atoms with Gasteiger partial charge in [0, 0.05) is 19.9 Å². The third-order valence-electron chi connectivity index (χ3n) is 4.07. The van der Waals surface area contributed by atoms with Gasteiger partial charge in [-0.05, 0) is 12.5 Å². The fourth-order valence-corrected chi connectivity index (χ4v) is 2.76. The standard InChI is InChI=1S/C18H20N4O4/c1-11(10-12-6-4-3-5-7-12)26-14(23)9-8-13-19-15-16(20-13)22(2)18(25)21-17(15)24/h3-7,11H,8-10H2,1-2H3,(H,19,20)(H,21,24,25)/t11-/m0/s1. The molecule has 26 heavy (non-hydrogen) atoms. The highest BCUT2D eigenvalue weighted by Crippen LogP contribution is 2.09. The van der Waals surface area contributed by atoms with E-state index in [0.29, 0.717) is 18.7 Å². The summed E-state index contributed by atoms with van der Waals surface area (Å²) in [6.07, 6.45) is 0.836. The van der Waals surface area contributed by atoms with Gasteiger partial charge in [-0.2, -0.15) is 0 Å². The molecule has 136 valence electrons. The summed E-state index contributed by atoms with van der Waals surface area (Å²) >= 11 is 0. The Morgan fingerprint density at radius 1 is 1.23 bits per heavy atom. The van der Waals surface area contributed by atoms with Gasteiger partial charge in [0.15, 0.2) is 5.65 Å². The van der Waals surface area contributed by atoms with Crippen molar-refractivity contribution < 1.29 is 9.53 Å². The van der Waals surface area contributed by atoms with Gasteiger partial charge in [0.1, 0.15) is 17.4 Å². The van der Waals surface area contributed by atoms with Crippen molar-refractivity contribution in [3.63, 3.8) is 0 Å². The number of aromatic nitrogens is 4. The van der Waals surface area contributed by atoms with Crippen LogP contribution in [-0.2, 0) is 29.4 Å². The number of esters is 1. The molecule has 3 rings (SSSR count). The number of aryl methyl sites for hydroxylation is 2. The molecule has 0 bridgehead atoms. The van der Waals surface area contributed by atoms with Crippen molar-refractivity contribution in [2.75, 3.05) is 0 Å². The molecule has 2 aromatic heterocycles. The molecule has 2 N–H and O–H groups in total. The molecule has 0 aliphatic heterocycles. The third kappa shape index (κ3) is 3.90. The van der Waals surface area contributed by atoms with Crippen LogP contribution < -0.4 is 11.2 Å². The number of hydrogen-bond acceptors (Lipinski definition) is 5. The Hall–Kier alpha value is -3.16. The third-order valence-corrected chi connectivity index (χ3v) is 4.07. The highest BCUT2D eigenvalue weighted by Gasteiger charge is 2.14. The molecule has 0 aliphatic carbocycles. The lowest BCUT2D eigenvalue weighted by atomic mass is 10.1. The molecule has 1 aromatic carbocycles. The number of benzene rings is 1. The van der Waals surface area contributed by atoms with Gasteiger partial charge < -0.3 is 9.72 Å². The van der Waals surface area contributed by atoms with Crippen molar-refractivity contribution in [1.29, 1.82) is 0 Å². The molecule has 2 heterocycles. The first-order valence-corrected chi connectivity index (χ1v) is 8.35. The lowest BCUT2D eigenvalue weighted by Gasteiger charge is -2.13. The molecule has 8 nitrogen and oxygen atoms in total. The van der Waals surface area contributed by atoms with Gasteiger partial charge in [-0.3, -0.25) is 19.1 Å². The van der Waals surface area contributed by atoms with Gasteiger partial charge >= 0.3 is 11.7 Å². The number of aromatic amines is 2. The van der Waals surface area contributed by atoms with Crippen molar-refractivity contribution in [3.05, 3.63) is 62.6 Å². The second-order valence-corrected chi connectivity index (χ2v) is 6.19. The minimum Gasteiger partial charge on any atom is -0.462 e. The number of H-pyrrole nitrogens is 2. The Morgan fingerprint density at radius 2 is 1.96 bits per heavy atom. The van der Waals surface area contributed by atoms with Crippen LogP contribution in [0.15, 0.2) is 39.9 Å². The van der Waals surface area contributed by atoms with E-state index in [4.69, 9.17) is 4.74 Å². The lowest BCUT2D eigenvalue weighted by molar-refractivity contribution is -0.148. The lowest BCUT2D eigenvalue weighted by Crippen LogP contribution is -2.28. The van der Waals surface area contributed by atoms with Crippen LogP contribution in [0.2, 0.25) is 0 Å². The second-order valence-electron chi connectivity index (χ2n) is 6.19. The zero-order valence-electron chi connectivity index (χ0n) is 14.6. The van der Waals surface area contributed by atoms with Crippen molar-refractivity contribution in [2.24, 2.45) is 7.05 Å². The van der Waals surface area contributed by atoms with E-state index >= 15 is 0 Å². The van der Waals surface area contributed by atoms with Crippen LogP contribution in [0.25, 0.3) is 11.2 Å². The predicted molar refractivity (Wildman–Crippen MR) is 96.0 cm³/mol. The minimum absolute atomic E-state index is 0.130. The quantitative estimate of drug-likeness (QED) is 0.642. The number of hydrogen-bond donors (Lipinski definition) is 2. The van der Waals surface area contributed by atoms with Crippen LogP contribution in [0, 0.1) is 0 Å². The van der Waals surface area contributed by atoms with Gasteiger partial charge in [-0.25, -0.2) is 9.78 Å². The predicted octanol–water partition coefficient (Wildman–Crippen LogP) is 1.06. The van der Waals surface area contributed by atoms with Crippen LogP contribution in [0.5, 0.6) is 0 Å². The first-order chi connectivity index (χ1) is 12.4. The molecule has 0 radical (unpaired) electrons. The first kappa shape index (κ1) is 17.7. The molecule has 0 spiro atoms. The Balaban J connectivity index is 1.60. The van der Waals surface area contributed by atoms with Crippen LogP contribution >= 0.6 is 0 Å². The second kappa shape index (κ2) is 7.38. The SMILES string of the molecule is C[C@@H](Cc1ccccc1)OC(=O)CCc1nc2c([nH]1)c(=O)[nH]c(=O)n2C. The van der Waals surface area contributed by atoms with Gasteiger partial charge in [0.05, 0.1) is 6.42 Å². The van der Waals surface area contributed by atoms with Crippen LogP contribution in [0.3, 0.4) is 0 Å². The number of nitrogens with one attached hydrogen (secondary N) is 2. The fourth-order valence-electron chi connectivity index (χ4n) is 2.76. The van der Waals surface area contributed by atoms with E-state index in [9.17, 15) is 14.4 Å². The highest BCUT2D eigenvalue weighted by molar-refractivity contribution is 5.71. The number of carbonyl (C=O) groups is 1. The molecule has 1 atom stereocenters. The maximum absolute atomic E-state index is 12.0. The van der Waals surface area contributed by atoms with Crippen LogP contribution in [0.4, 0.5) is 0 Å². The zero-order valence-corrected chi connectivity index (χ0v) is 14.6. The molecule has 0 saturated carbocycles. The number of nitrogens with zero attached hydrogens (tertiary/aromatic N) is 2. The minimum atomic E-state index is -0.533. The Kier molecular flexibility index (Phi) is 5.01. The summed E-state index contributed by atoms with van der Waals surface area (Å²) in [6.45, 7) is 1.85. The number of fused-ring (bicyclic) bond motifs is 1. The van der Waals surface area contributed by atoms with E-state index in [1.807, 2.05) is 37.3 Å². The molecular weight excluding hydrogens is 336 g/mol. The first-order valence-electron chi connectivity index (χ1n) is 8.35. The zero-order chi connectivity index (χ0) is 18.7. The highest BCUT2D eigenvalue weighted by atomic mass is 16.5. The summed E-state index contributed by atoms with van der Waals surface area (Å²) in [5.74, 6) is 0.121. The van der Waals surface area contributed by atoms with Crippen LogP contribution in [-0.4, -0.2) is 31.6 Å². The molecule has 0 amide bonds. The Morgan fingerprint density at radius 3 is 2.69 bits per heavy atom. The maximum atomic E-state index is 12.0. The van der Waals surface area contributed by atoms with Crippen LogP contribution in [0.1, 0.15) is 24.7 Å². The van der Waals surface area contributed by atoms with Gasteiger partial charge in [0.2, 0.25) is 0 Å². The van der Waals surface area contributed by atoms with Crippen molar-refractivity contribution >= 4 is 17.1 Å². The largest absolute Gasteiger partial charge is 0.462 e. The maximum Gasteiger partial charge on any atom is 0.329 e. The molecule has 0 saturated heterocycles. The molecular formula is C18H20N4O4. The summed E-state index contributed by atoms with van der Waals surface area (Å²) < 4.78 is 6.66.